The van der Waals surface area contributed by atoms with Gasteiger partial charge in [-0.15, -0.1) is 0 Å². The molecule has 1 aliphatic heterocycles. The zero-order valence-corrected chi connectivity index (χ0v) is 11.0. The second-order valence-electron chi connectivity index (χ2n) is 5.79. The van der Waals surface area contributed by atoms with Gasteiger partial charge in [-0.05, 0) is 48.9 Å². The number of benzene rings is 1. The lowest BCUT2D eigenvalue weighted by Crippen LogP contribution is -2.38. The minimum absolute atomic E-state index is 0.111. The standard InChI is InChI=1S/C15H17F3O2/c16-15(17,18)12-2-1-6-14(19,9-12)11-3-4-13-10(8-11)5-7-20-13/h3-4,8,12,19H,1-2,5-7,9H2. The first-order chi connectivity index (χ1) is 9.38. The first-order valence-electron chi connectivity index (χ1n) is 6.94. The normalized spacial score (nSPS) is 29.9. The molecule has 2 atom stereocenters. The van der Waals surface area contributed by atoms with Crippen molar-refractivity contribution in [2.24, 2.45) is 5.92 Å². The molecular weight excluding hydrogens is 269 g/mol. The van der Waals surface area contributed by atoms with Crippen LogP contribution in [0.4, 0.5) is 13.2 Å². The van der Waals surface area contributed by atoms with E-state index >= 15 is 0 Å². The average molecular weight is 286 g/mol. The molecule has 2 nitrogen and oxygen atoms in total. The van der Waals surface area contributed by atoms with Gasteiger partial charge >= 0.3 is 6.18 Å². The van der Waals surface area contributed by atoms with E-state index in [-0.39, 0.29) is 12.8 Å². The number of aliphatic hydroxyl groups is 1. The fourth-order valence-corrected chi connectivity index (χ4v) is 3.27. The van der Waals surface area contributed by atoms with Gasteiger partial charge < -0.3 is 9.84 Å². The summed E-state index contributed by atoms with van der Waals surface area (Å²) in [5, 5.41) is 10.7. The molecule has 1 saturated carbocycles. The van der Waals surface area contributed by atoms with Crippen molar-refractivity contribution in [3.8, 4) is 5.75 Å². The number of hydrogen-bond acceptors (Lipinski definition) is 2. The third kappa shape index (κ3) is 2.39. The molecule has 0 aromatic heterocycles. The molecule has 1 heterocycles. The maximum Gasteiger partial charge on any atom is 0.391 e. The summed E-state index contributed by atoms with van der Waals surface area (Å²) in [7, 11) is 0. The molecule has 1 aliphatic carbocycles. The topological polar surface area (TPSA) is 29.5 Å². The van der Waals surface area contributed by atoms with E-state index in [0.717, 1.165) is 17.7 Å². The monoisotopic (exact) mass is 286 g/mol. The van der Waals surface area contributed by atoms with Gasteiger partial charge in [0.05, 0.1) is 18.1 Å². The van der Waals surface area contributed by atoms with E-state index in [0.29, 0.717) is 25.0 Å². The van der Waals surface area contributed by atoms with Gasteiger partial charge in [0.15, 0.2) is 0 Å². The van der Waals surface area contributed by atoms with Crippen molar-refractivity contribution in [2.75, 3.05) is 6.61 Å². The Labute approximate surface area is 115 Å². The van der Waals surface area contributed by atoms with Crippen LogP contribution in [-0.2, 0) is 12.0 Å². The van der Waals surface area contributed by atoms with Crippen molar-refractivity contribution >= 4 is 0 Å². The molecule has 5 heteroatoms. The maximum atomic E-state index is 12.9. The van der Waals surface area contributed by atoms with Crippen molar-refractivity contribution < 1.29 is 23.0 Å². The van der Waals surface area contributed by atoms with Gasteiger partial charge in [0, 0.05) is 6.42 Å². The summed E-state index contributed by atoms with van der Waals surface area (Å²) in [6.07, 6.45) is -2.82. The van der Waals surface area contributed by atoms with E-state index < -0.39 is 17.7 Å². The van der Waals surface area contributed by atoms with Crippen LogP contribution in [0.25, 0.3) is 0 Å². The van der Waals surface area contributed by atoms with Crippen LogP contribution in [0, 0.1) is 5.92 Å². The Kier molecular flexibility index (Phi) is 3.20. The van der Waals surface area contributed by atoms with Gasteiger partial charge in [-0.25, -0.2) is 0 Å². The minimum atomic E-state index is -4.23. The highest BCUT2D eigenvalue weighted by molar-refractivity contribution is 5.41. The summed E-state index contributed by atoms with van der Waals surface area (Å²) in [6.45, 7) is 0.600. The molecule has 1 aromatic rings. The number of alkyl halides is 3. The van der Waals surface area contributed by atoms with Gasteiger partial charge in [-0.2, -0.15) is 13.2 Å². The smallest absolute Gasteiger partial charge is 0.391 e. The fraction of sp³-hybridized carbons (Fsp3) is 0.600. The lowest BCUT2D eigenvalue weighted by Gasteiger charge is -2.38. The average Bonchev–Trinajstić information content (AvgIpc) is 2.85. The van der Waals surface area contributed by atoms with Crippen molar-refractivity contribution in [1.82, 2.24) is 0 Å². The Bertz CT molecular complexity index is 512. The molecule has 0 spiro atoms. The lowest BCUT2D eigenvalue weighted by atomic mass is 9.74. The third-order valence-electron chi connectivity index (χ3n) is 4.42. The van der Waals surface area contributed by atoms with Crippen molar-refractivity contribution in [2.45, 2.75) is 43.9 Å². The molecule has 0 saturated heterocycles. The summed E-state index contributed by atoms with van der Waals surface area (Å²) in [5.41, 5.74) is 0.205. The first-order valence-corrected chi connectivity index (χ1v) is 6.94. The maximum absolute atomic E-state index is 12.9. The largest absolute Gasteiger partial charge is 0.493 e. The number of rotatable bonds is 1. The van der Waals surface area contributed by atoms with E-state index in [2.05, 4.69) is 0 Å². The van der Waals surface area contributed by atoms with Crippen LogP contribution >= 0.6 is 0 Å². The molecule has 110 valence electrons. The van der Waals surface area contributed by atoms with Crippen LogP contribution in [0.1, 0.15) is 36.8 Å². The highest BCUT2D eigenvalue weighted by Gasteiger charge is 2.47. The molecule has 0 bridgehead atoms. The van der Waals surface area contributed by atoms with Crippen LogP contribution in [0.15, 0.2) is 18.2 Å². The van der Waals surface area contributed by atoms with Crippen LogP contribution in [0.2, 0.25) is 0 Å². The Morgan fingerprint density at radius 1 is 1.30 bits per heavy atom. The summed E-state index contributed by atoms with van der Waals surface area (Å²) in [4.78, 5) is 0. The summed E-state index contributed by atoms with van der Waals surface area (Å²) >= 11 is 0. The van der Waals surface area contributed by atoms with Crippen LogP contribution in [0.3, 0.4) is 0 Å². The predicted octanol–water partition coefficient (Wildman–Crippen LogP) is 3.56. The SMILES string of the molecule is OC1(c2ccc3c(c2)CCO3)CCCC(C(F)(F)F)C1. The van der Waals surface area contributed by atoms with Gasteiger partial charge in [-0.3, -0.25) is 0 Å². The zero-order chi connectivity index (χ0) is 14.4. The minimum Gasteiger partial charge on any atom is -0.493 e. The van der Waals surface area contributed by atoms with Gasteiger partial charge in [0.1, 0.15) is 5.75 Å². The summed E-state index contributed by atoms with van der Waals surface area (Å²) < 4.78 is 44.1. The number of halogens is 3. The van der Waals surface area contributed by atoms with E-state index in [1.54, 1.807) is 18.2 Å². The fourth-order valence-electron chi connectivity index (χ4n) is 3.27. The quantitative estimate of drug-likeness (QED) is 0.855. The zero-order valence-electron chi connectivity index (χ0n) is 11.0. The first kappa shape index (κ1) is 13.7. The molecule has 20 heavy (non-hydrogen) atoms. The molecule has 2 aliphatic rings. The second-order valence-corrected chi connectivity index (χ2v) is 5.79. The highest BCUT2D eigenvalue weighted by atomic mass is 19.4. The molecule has 3 rings (SSSR count). The molecule has 0 radical (unpaired) electrons. The number of fused-ring (bicyclic) bond motifs is 1. The third-order valence-corrected chi connectivity index (χ3v) is 4.42. The number of ether oxygens (including phenoxy) is 1. The van der Waals surface area contributed by atoms with Gasteiger partial charge in [-0.1, -0.05) is 6.07 Å². The van der Waals surface area contributed by atoms with E-state index in [1.807, 2.05) is 0 Å². The Morgan fingerprint density at radius 3 is 2.85 bits per heavy atom. The second kappa shape index (κ2) is 4.65. The van der Waals surface area contributed by atoms with Crippen LogP contribution < -0.4 is 4.74 Å². The van der Waals surface area contributed by atoms with E-state index in [1.165, 1.54) is 0 Å². The Hall–Kier alpha value is -1.23. The highest BCUT2D eigenvalue weighted by Crippen LogP contribution is 2.46. The molecule has 2 unspecified atom stereocenters. The summed E-state index contributed by atoms with van der Waals surface area (Å²) in [6, 6.07) is 5.26. The van der Waals surface area contributed by atoms with Crippen LogP contribution in [0.5, 0.6) is 5.75 Å². The van der Waals surface area contributed by atoms with Crippen molar-refractivity contribution in [1.29, 1.82) is 0 Å². The van der Waals surface area contributed by atoms with Crippen LogP contribution in [-0.4, -0.2) is 17.9 Å². The molecule has 1 fully saturated rings. The van der Waals surface area contributed by atoms with E-state index in [9.17, 15) is 18.3 Å². The summed E-state index contributed by atoms with van der Waals surface area (Å²) in [5.74, 6) is -0.633. The number of hydrogen-bond donors (Lipinski definition) is 1. The lowest BCUT2D eigenvalue weighted by molar-refractivity contribution is -0.201. The van der Waals surface area contributed by atoms with Crippen molar-refractivity contribution in [3.05, 3.63) is 29.3 Å². The van der Waals surface area contributed by atoms with Crippen molar-refractivity contribution in [3.63, 3.8) is 0 Å². The van der Waals surface area contributed by atoms with Gasteiger partial charge in [0.2, 0.25) is 0 Å². The molecular formula is C15H17F3O2. The van der Waals surface area contributed by atoms with E-state index in [4.69, 9.17) is 4.74 Å². The molecule has 1 aromatic carbocycles. The Morgan fingerprint density at radius 2 is 2.10 bits per heavy atom. The van der Waals surface area contributed by atoms with Gasteiger partial charge in [0.25, 0.3) is 0 Å². The molecule has 1 N–H and O–H groups in total. The predicted molar refractivity (Wildman–Crippen MR) is 67.6 cm³/mol. The Balaban J connectivity index is 1.88. The molecule has 0 amide bonds.